The molecule has 7 rings (SSSR count). The number of nitriles is 1. The molecule has 3 aliphatic heterocycles. The molecule has 176 valence electrons. The van der Waals surface area contributed by atoms with Crippen molar-refractivity contribution in [3.05, 3.63) is 66.2 Å². The lowest BCUT2D eigenvalue weighted by Crippen LogP contribution is -2.68. The third-order valence-corrected chi connectivity index (χ3v) is 7.12. The first-order chi connectivity index (χ1) is 17.2. The number of hydrogen-bond donors (Lipinski definition) is 1. The van der Waals surface area contributed by atoms with Crippen LogP contribution in [0.4, 0.5) is 11.5 Å². The van der Waals surface area contributed by atoms with Crippen molar-refractivity contribution in [2.75, 3.05) is 37.5 Å². The van der Waals surface area contributed by atoms with E-state index in [2.05, 4.69) is 49.5 Å². The topological polar surface area (TPSA) is 94.6 Å². The van der Waals surface area contributed by atoms with Gasteiger partial charge in [0.05, 0.1) is 36.3 Å². The molecule has 2 atom stereocenters. The summed E-state index contributed by atoms with van der Waals surface area (Å²) in [5.74, 6) is 1.64. The van der Waals surface area contributed by atoms with Gasteiger partial charge in [-0.2, -0.15) is 10.4 Å². The molecule has 0 spiro atoms. The number of methoxy groups -OCH3 is 1. The molecule has 7 heterocycles. The third kappa shape index (κ3) is 3.72. The van der Waals surface area contributed by atoms with Crippen molar-refractivity contribution < 1.29 is 4.74 Å². The van der Waals surface area contributed by atoms with E-state index >= 15 is 0 Å². The molecule has 3 saturated heterocycles. The molecule has 4 aromatic rings. The van der Waals surface area contributed by atoms with Crippen molar-refractivity contribution >= 4 is 17.0 Å². The van der Waals surface area contributed by atoms with Gasteiger partial charge in [0.1, 0.15) is 11.9 Å². The van der Waals surface area contributed by atoms with E-state index < -0.39 is 0 Å². The van der Waals surface area contributed by atoms with E-state index in [-0.39, 0.29) is 0 Å². The molecule has 0 amide bonds. The summed E-state index contributed by atoms with van der Waals surface area (Å²) in [5.41, 5.74) is 5.38. The number of pyridine rings is 3. The van der Waals surface area contributed by atoms with Crippen LogP contribution in [0, 0.1) is 11.3 Å². The van der Waals surface area contributed by atoms with Gasteiger partial charge in [-0.1, -0.05) is 6.07 Å². The first-order valence-corrected chi connectivity index (χ1v) is 11.7. The Morgan fingerprint density at radius 2 is 1.97 bits per heavy atom. The number of nitrogens with one attached hydrogen (secondary N) is 1. The summed E-state index contributed by atoms with van der Waals surface area (Å²) in [7, 11) is 3.51. The van der Waals surface area contributed by atoms with Gasteiger partial charge in [-0.25, -0.2) is 14.5 Å². The summed E-state index contributed by atoms with van der Waals surface area (Å²) < 4.78 is 6.92. The second-order valence-electron chi connectivity index (χ2n) is 9.09. The minimum atomic E-state index is 0.522. The number of aromatic nitrogens is 4. The molecular formula is C26H26N8O. The molecule has 9 nitrogen and oxygen atoms in total. The standard InChI is InChI=1S/C26H26N8O/c1-28-20-7-23(26-19(9-27)12-31-34(26)14-20)18-4-5-24(29-11-18)32-15-21-8-22(16-32)33(21)13-17-3-6-25(35-2)30-10-17/h3-7,10-12,14,21-22,28H,8,13,15-16H2,1-2H3. The van der Waals surface area contributed by atoms with Crippen LogP contribution in [0.3, 0.4) is 0 Å². The highest BCUT2D eigenvalue weighted by Gasteiger charge is 2.44. The summed E-state index contributed by atoms with van der Waals surface area (Å²) in [6.45, 7) is 2.84. The fourth-order valence-corrected chi connectivity index (χ4v) is 5.26. The number of rotatable bonds is 6. The average molecular weight is 467 g/mol. The predicted octanol–water partition coefficient (Wildman–Crippen LogP) is 3.18. The van der Waals surface area contributed by atoms with Crippen LogP contribution in [0.25, 0.3) is 16.6 Å². The number of nitrogens with zero attached hydrogens (tertiary/aromatic N) is 7. The highest BCUT2D eigenvalue weighted by Crippen LogP contribution is 2.36. The fraction of sp³-hybridized carbons (Fsp3) is 0.308. The summed E-state index contributed by atoms with van der Waals surface area (Å²) >= 11 is 0. The minimum Gasteiger partial charge on any atom is -0.481 e. The van der Waals surface area contributed by atoms with Crippen LogP contribution in [0.15, 0.2) is 55.1 Å². The molecule has 35 heavy (non-hydrogen) atoms. The van der Waals surface area contributed by atoms with Gasteiger partial charge in [-0.15, -0.1) is 0 Å². The van der Waals surface area contributed by atoms with Crippen molar-refractivity contribution in [3.63, 3.8) is 0 Å². The smallest absolute Gasteiger partial charge is 0.212 e. The van der Waals surface area contributed by atoms with Crippen LogP contribution >= 0.6 is 0 Å². The molecule has 3 fully saturated rings. The maximum atomic E-state index is 9.55. The van der Waals surface area contributed by atoms with E-state index in [1.54, 1.807) is 17.8 Å². The SMILES string of the molecule is CNc1cc(-c2ccc(N3CC4CC(C3)N4Cc3ccc(OC)nc3)nc2)c2c(C#N)cnn2c1. The molecule has 2 bridgehead atoms. The van der Waals surface area contributed by atoms with E-state index in [1.165, 1.54) is 12.0 Å². The van der Waals surface area contributed by atoms with Crippen LogP contribution in [-0.4, -0.2) is 63.8 Å². The quantitative estimate of drug-likeness (QED) is 0.463. The normalized spacial score (nSPS) is 19.3. The zero-order chi connectivity index (χ0) is 23.9. The number of anilines is 2. The monoisotopic (exact) mass is 466 g/mol. The lowest BCUT2D eigenvalue weighted by atomic mass is 9.87. The van der Waals surface area contributed by atoms with E-state index in [1.807, 2.05) is 37.8 Å². The van der Waals surface area contributed by atoms with Crippen LogP contribution in [0.5, 0.6) is 5.88 Å². The van der Waals surface area contributed by atoms with Gasteiger partial charge in [0.25, 0.3) is 0 Å². The fourth-order valence-electron chi connectivity index (χ4n) is 5.26. The van der Waals surface area contributed by atoms with E-state index in [4.69, 9.17) is 9.72 Å². The van der Waals surface area contributed by atoms with E-state index in [9.17, 15) is 5.26 Å². The van der Waals surface area contributed by atoms with Crippen molar-refractivity contribution in [1.82, 2.24) is 24.5 Å². The molecule has 1 N–H and O–H groups in total. The highest BCUT2D eigenvalue weighted by atomic mass is 16.5. The molecule has 0 saturated carbocycles. The lowest BCUT2D eigenvalue weighted by molar-refractivity contribution is -0.00876. The Morgan fingerprint density at radius 1 is 1.11 bits per heavy atom. The van der Waals surface area contributed by atoms with Gasteiger partial charge in [0.2, 0.25) is 5.88 Å². The molecule has 0 aromatic carbocycles. The molecule has 9 heteroatoms. The van der Waals surface area contributed by atoms with E-state index in [0.29, 0.717) is 23.5 Å². The second-order valence-corrected chi connectivity index (χ2v) is 9.09. The highest BCUT2D eigenvalue weighted by molar-refractivity contribution is 5.86. The zero-order valence-corrected chi connectivity index (χ0v) is 19.7. The zero-order valence-electron chi connectivity index (χ0n) is 19.7. The van der Waals surface area contributed by atoms with Gasteiger partial charge in [-0.3, -0.25) is 4.90 Å². The van der Waals surface area contributed by atoms with Crippen LogP contribution in [-0.2, 0) is 6.54 Å². The Hall–Kier alpha value is -4.16. The Morgan fingerprint density at radius 3 is 2.63 bits per heavy atom. The lowest BCUT2D eigenvalue weighted by Gasteiger charge is -2.56. The van der Waals surface area contributed by atoms with Crippen molar-refractivity contribution in [2.24, 2.45) is 0 Å². The maximum absolute atomic E-state index is 9.55. The van der Waals surface area contributed by atoms with E-state index in [0.717, 1.165) is 47.8 Å². The van der Waals surface area contributed by atoms with Gasteiger partial charge in [0, 0.05) is 68.4 Å². The molecule has 4 aromatic heterocycles. The Balaban J connectivity index is 1.19. The van der Waals surface area contributed by atoms with Crippen molar-refractivity contribution in [3.8, 4) is 23.1 Å². The second kappa shape index (κ2) is 8.56. The Bertz CT molecular complexity index is 1390. The first-order valence-electron chi connectivity index (χ1n) is 11.7. The number of ether oxygens (including phenoxy) is 1. The molecule has 2 unspecified atom stereocenters. The van der Waals surface area contributed by atoms with Crippen LogP contribution in [0.1, 0.15) is 17.5 Å². The van der Waals surface area contributed by atoms with Gasteiger partial charge in [0.15, 0.2) is 0 Å². The van der Waals surface area contributed by atoms with Crippen LogP contribution < -0.4 is 15.0 Å². The molecule has 0 radical (unpaired) electrons. The number of piperazine rings is 1. The number of hydrogen-bond acceptors (Lipinski definition) is 8. The number of fused-ring (bicyclic) bond motifs is 3. The molecular weight excluding hydrogens is 440 g/mol. The number of piperidine rings is 1. The molecule has 3 aliphatic rings. The van der Waals surface area contributed by atoms with Gasteiger partial charge < -0.3 is 15.0 Å². The van der Waals surface area contributed by atoms with Gasteiger partial charge >= 0.3 is 0 Å². The summed E-state index contributed by atoms with van der Waals surface area (Å²) in [6, 6.07) is 13.5. The predicted molar refractivity (Wildman–Crippen MR) is 133 cm³/mol. The van der Waals surface area contributed by atoms with Crippen molar-refractivity contribution in [1.29, 1.82) is 5.26 Å². The Kier molecular flexibility index (Phi) is 5.23. The Labute approximate surface area is 203 Å². The van der Waals surface area contributed by atoms with Gasteiger partial charge in [-0.05, 0) is 30.2 Å². The van der Waals surface area contributed by atoms with Crippen molar-refractivity contribution in [2.45, 2.75) is 25.0 Å². The summed E-state index contributed by atoms with van der Waals surface area (Å²) in [5, 5.41) is 17.1. The summed E-state index contributed by atoms with van der Waals surface area (Å²) in [4.78, 5) is 14.1. The summed E-state index contributed by atoms with van der Waals surface area (Å²) in [6.07, 6.45) is 8.52. The third-order valence-electron chi connectivity index (χ3n) is 7.12. The van der Waals surface area contributed by atoms with Crippen LogP contribution in [0.2, 0.25) is 0 Å². The minimum absolute atomic E-state index is 0.522. The average Bonchev–Trinajstić information content (AvgIpc) is 3.34. The molecule has 0 aliphatic carbocycles. The first kappa shape index (κ1) is 21.4. The largest absolute Gasteiger partial charge is 0.481 e. The maximum Gasteiger partial charge on any atom is 0.212 e.